The molecule has 3 rings (SSSR count). The average molecular weight is 340 g/mol. The summed E-state index contributed by atoms with van der Waals surface area (Å²) in [6, 6.07) is 10.6. The van der Waals surface area contributed by atoms with E-state index in [4.69, 9.17) is 4.74 Å². The monoisotopic (exact) mass is 340 g/mol. The Hall–Kier alpha value is -3.55. The van der Waals surface area contributed by atoms with Gasteiger partial charge in [-0.1, -0.05) is 0 Å². The van der Waals surface area contributed by atoms with Gasteiger partial charge in [-0.15, -0.1) is 0 Å². The summed E-state index contributed by atoms with van der Waals surface area (Å²) >= 11 is 0. The third kappa shape index (κ3) is 4.05. The van der Waals surface area contributed by atoms with Gasteiger partial charge in [0.15, 0.2) is 5.82 Å². The van der Waals surface area contributed by atoms with E-state index >= 15 is 0 Å². The first-order valence-corrected chi connectivity index (χ1v) is 7.43. The number of hydrogen-bond acceptors (Lipinski definition) is 5. The van der Waals surface area contributed by atoms with Gasteiger partial charge < -0.3 is 19.2 Å². The lowest BCUT2D eigenvalue weighted by molar-refractivity contribution is -0.114. The number of imidazole rings is 1. The number of benzene rings is 1. The smallest absolute Gasteiger partial charge is 0.412 e. The molecule has 3 aromatic rings. The molecule has 0 spiro atoms. The lowest BCUT2D eigenvalue weighted by atomic mass is 10.3. The average Bonchev–Trinajstić information content (AvgIpc) is 2.97. The SMILES string of the molecule is COC(=O)Nc1cn2cc(Oc3ccc(NC(C)=O)cc3)ccc2n1. The molecule has 0 atom stereocenters. The van der Waals surface area contributed by atoms with Gasteiger partial charge in [-0.2, -0.15) is 0 Å². The highest BCUT2D eigenvalue weighted by molar-refractivity contribution is 5.88. The number of nitrogens with zero attached hydrogens (tertiary/aromatic N) is 2. The predicted octanol–water partition coefficient (Wildman–Crippen LogP) is 3.26. The van der Waals surface area contributed by atoms with Crippen molar-refractivity contribution in [3.05, 3.63) is 48.8 Å². The van der Waals surface area contributed by atoms with Crippen LogP contribution in [-0.2, 0) is 9.53 Å². The fourth-order valence-corrected chi connectivity index (χ4v) is 2.19. The van der Waals surface area contributed by atoms with Crippen molar-refractivity contribution < 1.29 is 19.1 Å². The van der Waals surface area contributed by atoms with Crippen LogP contribution in [0.4, 0.5) is 16.3 Å². The van der Waals surface area contributed by atoms with Gasteiger partial charge in [0, 0.05) is 12.6 Å². The number of carbonyl (C=O) groups excluding carboxylic acids is 2. The Kier molecular flexibility index (Phi) is 4.51. The van der Waals surface area contributed by atoms with Crippen LogP contribution < -0.4 is 15.4 Å². The highest BCUT2D eigenvalue weighted by atomic mass is 16.5. The second-order valence-corrected chi connectivity index (χ2v) is 5.18. The first-order chi connectivity index (χ1) is 12.0. The minimum absolute atomic E-state index is 0.129. The maximum absolute atomic E-state index is 11.2. The first kappa shape index (κ1) is 16.3. The fourth-order valence-electron chi connectivity index (χ4n) is 2.19. The molecular formula is C17H16N4O4. The maximum atomic E-state index is 11.2. The number of methoxy groups -OCH3 is 1. The molecule has 8 nitrogen and oxygen atoms in total. The van der Waals surface area contributed by atoms with Crippen molar-refractivity contribution in [2.24, 2.45) is 0 Å². The van der Waals surface area contributed by atoms with Gasteiger partial charge in [0.05, 0.1) is 19.5 Å². The van der Waals surface area contributed by atoms with Crippen LogP contribution in [-0.4, -0.2) is 28.5 Å². The van der Waals surface area contributed by atoms with E-state index in [1.54, 1.807) is 53.2 Å². The molecule has 0 aliphatic heterocycles. The molecule has 0 saturated heterocycles. The third-order valence-corrected chi connectivity index (χ3v) is 3.25. The van der Waals surface area contributed by atoms with Crippen molar-refractivity contribution in [3.63, 3.8) is 0 Å². The molecule has 0 aliphatic rings. The summed E-state index contributed by atoms with van der Waals surface area (Å²) in [4.78, 5) is 26.5. The van der Waals surface area contributed by atoms with Gasteiger partial charge in [-0.3, -0.25) is 10.1 Å². The van der Waals surface area contributed by atoms with E-state index in [2.05, 4.69) is 20.4 Å². The van der Waals surface area contributed by atoms with Crippen LogP contribution in [0, 0.1) is 0 Å². The molecule has 2 aromatic heterocycles. The number of pyridine rings is 1. The molecule has 8 heteroatoms. The quantitative estimate of drug-likeness (QED) is 0.760. The summed E-state index contributed by atoms with van der Waals surface area (Å²) in [5.41, 5.74) is 1.35. The van der Waals surface area contributed by atoms with Crippen molar-refractivity contribution in [2.45, 2.75) is 6.92 Å². The Morgan fingerprint density at radius 2 is 1.72 bits per heavy atom. The minimum atomic E-state index is -0.584. The Bertz CT molecular complexity index is 918. The van der Waals surface area contributed by atoms with Crippen LogP contribution >= 0.6 is 0 Å². The van der Waals surface area contributed by atoms with Gasteiger partial charge in [-0.25, -0.2) is 9.78 Å². The molecule has 2 heterocycles. The number of amides is 2. The normalized spacial score (nSPS) is 10.3. The molecule has 0 saturated carbocycles. The Morgan fingerprint density at radius 3 is 2.40 bits per heavy atom. The number of fused-ring (bicyclic) bond motifs is 1. The Labute approximate surface area is 143 Å². The summed E-state index contributed by atoms with van der Waals surface area (Å²) in [5.74, 6) is 1.47. The lowest BCUT2D eigenvalue weighted by Crippen LogP contribution is -2.10. The number of nitrogens with one attached hydrogen (secondary N) is 2. The van der Waals surface area contributed by atoms with E-state index in [-0.39, 0.29) is 5.91 Å². The third-order valence-electron chi connectivity index (χ3n) is 3.25. The van der Waals surface area contributed by atoms with Crippen molar-refractivity contribution >= 4 is 29.2 Å². The minimum Gasteiger partial charge on any atom is -0.456 e. The highest BCUT2D eigenvalue weighted by Crippen LogP contribution is 2.24. The number of aromatic nitrogens is 2. The van der Waals surface area contributed by atoms with Crippen LogP contribution in [0.25, 0.3) is 5.65 Å². The molecule has 0 aliphatic carbocycles. The molecule has 2 amide bonds. The number of anilines is 2. The van der Waals surface area contributed by atoms with E-state index < -0.39 is 6.09 Å². The standard InChI is InChI=1S/C17H16N4O4/c1-11(22)18-12-3-5-13(6-4-12)25-14-7-8-16-19-15(10-21(16)9-14)20-17(23)24-2/h3-10H,1-2H3,(H,18,22)(H,20,23). The largest absolute Gasteiger partial charge is 0.456 e. The maximum Gasteiger partial charge on any atom is 0.412 e. The molecule has 0 unspecified atom stereocenters. The predicted molar refractivity (Wildman–Crippen MR) is 92.0 cm³/mol. The van der Waals surface area contributed by atoms with Crippen molar-refractivity contribution in [1.29, 1.82) is 0 Å². The van der Waals surface area contributed by atoms with E-state index in [0.717, 1.165) is 0 Å². The van der Waals surface area contributed by atoms with Crippen LogP contribution in [0.3, 0.4) is 0 Å². The van der Waals surface area contributed by atoms with Crippen LogP contribution in [0.5, 0.6) is 11.5 Å². The molecule has 25 heavy (non-hydrogen) atoms. The second-order valence-electron chi connectivity index (χ2n) is 5.18. The highest BCUT2D eigenvalue weighted by Gasteiger charge is 2.07. The molecule has 2 N–H and O–H groups in total. The topological polar surface area (TPSA) is 94.0 Å². The lowest BCUT2D eigenvalue weighted by Gasteiger charge is -2.07. The van der Waals surface area contributed by atoms with Gasteiger partial charge in [0.25, 0.3) is 0 Å². The zero-order valence-electron chi connectivity index (χ0n) is 13.6. The summed E-state index contributed by atoms with van der Waals surface area (Å²) in [5, 5.41) is 5.20. The number of rotatable bonds is 4. The molecular weight excluding hydrogens is 324 g/mol. The number of hydrogen-bond donors (Lipinski definition) is 2. The van der Waals surface area contributed by atoms with E-state index in [1.807, 2.05) is 0 Å². The summed E-state index contributed by atoms with van der Waals surface area (Å²) in [7, 11) is 1.29. The van der Waals surface area contributed by atoms with Crippen LogP contribution in [0.15, 0.2) is 48.8 Å². The summed E-state index contributed by atoms with van der Waals surface area (Å²) in [6.07, 6.45) is 2.81. The molecule has 128 valence electrons. The van der Waals surface area contributed by atoms with E-state index in [1.165, 1.54) is 14.0 Å². The summed E-state index contributed by atoms with van der Waals surface area (Å²) < 4.78 is 12.0. The van der Waals surface area contributed by atoms with Crippen molar-refractivity contribution in [3.8, 4) is 11.5 Å². The fraction of sp³-hybridized carbons (Fsp3) is 0.118. The number of ether oxygens (including phenoxy) is 2. The summed E-state index contributed by atoms with van der Waals surface area (Å²) in [6.45, 7) is 1.45. The molecule has 1 aromatic carbocycles. The number of carbonyl (C=O) groups is 2. The van der Waals surface area contributed by atoms with Crippen LogP contribution in [0.2, 0.25) is 0 Å². The Morgan fingerprint density at radius 1 is 1.00 bits per heavy atom. The van der Waals surface area contributed by atoms with Gasteiger partial charge in [0.2, 0.25) is 5.91 Å². The zero-order valence-corrected chi connectivity index (χ0v) is 13.6. The van der Waals surface area contributed by atoms with Crippen molar-refractivity contribution in [2.75, 3.05) is 17.7 Å². The first-order valence-electron chi connectivity index (χ1n) is 7.43. The second kappa shape index (κ2) is 6.91. The van der Waals surface area contributed by atoms with E-state index in [0.29, 0.717) is 28.7 Å². The van der Waals surface area contributed by atoms with Gasteiger partial charge >= 0.3 is 6.09 Å². The van der Waals surface area contributed by atoms with Crippen LogP contribution in [0.1, 0.15) is 6.92 Å². The molecule has 0 bridgehead atoms. The van der Waals surface area contributed by atoms with Gasteiger partial charge in [0.1, 0.15) is 17.1 Å². The zero-order chi connectivity index (χ0) is 17.8. The molecule has 0 radical (unpaired) electrons. The van der Waals surface area contributed by atoms with Gasteiger partial charge in [-0.05, 0) is 36.4 Å². The van der Waals surface area contributed by atoms with E-state index in [9.17, 15) is 9.59 Å². The van der Waals surface area contributed by atoms with Crippen molar-refractivity contribution in [1.82, 2.24) is 9.38 Å². The molecule has 0 fully saturated rings. The Balaban J connectivity index is 1.75.